The predicted octanol–water partition coefficient (Wildman–Crippen LogP) is 2.41. The topological polar surface area (TPSA) is 67.4 Å². The minimum Gasteiger partial charge on any atom is -0.481 e. The van der Waals surface area contributed by atoms with Gasteiger partial charge >= 0.3 is 0 Å². The summed E-state index contributed by atoms with van der Waals surface area (Å²) in [6.07, 6.45) is 0. The fourth-order valence-electron chi connectivity index (χ4n) is 2.03. The first-order chi connectivity index (χ1) is 10.1. The molecule has 1 aliphatic heterocycles. The number of hydrogen-bond acceptors (Lipinski definition) is 3. The van der Waals surface area contributed by atoms with Crippen LogP contribution in [0.3, 0.4) is 0 Å². The van der Waals surface area contributed by atoms with Crippen LogP contribution in [0, 0.1) is 5.82 Å². The van der Waals surface area contributed by atoms with Crippen molar-refractivity contribution >= 4 is 23.2 Å². The molecule has 0 saturated carbocycles. The van der Waals surface area contributed by atoms with Gasteiger partial charge in [0.2, 0.25) is 0 Å². The number of amides is 2. The Balaban J connectivity index is 1.87. The summed E-state index contributed by atoms with van der Waals surface area (Å²) < 4.78 is 18.1. The molecule has 106 valence electrons. The van der Waals surface area contributed by atoms with Crippen molar-refractivity contribution in [2.24, 2.45) is 0 Å². The van der Waals surface area contributed by atoms with Gasteiger partial charge in [-0.05, 0) is 36.4 Å². The van der Waals surface area contributed by atoms with Crippen molar-refractivity contribution in [3.05, 3.63) is 53.8 Å². The van der Waals surface area contributed by atoms with Crippen molar-refractivity contribution in [2.75, 3.05) is 17.2 Å². The minimum atomic E-state index is -0.394. The average Bonchev–Trinajstić information content (AvgIpc) is 2.48. The Morgan fingerprint density at radius 2 is 1.95 bits per heavy atom. The molecule has 0 fully saturated rings. The maximum atomic E-state index is 12.8. The fourth-order valence-corrected chi connectivity index (χ4v) is 2.03. The molecule has 0 aliphatic carbocycles. The number of rotatable bonds is 2. The molecule has 2 amide bonds. The molecule has 2 aromatic carbocycles. The van der Waals surface area contributed by atoms with Crippen LogP contribution in [0.2, 0.25) is 0 Å². The third kappa shape index (κ3) is 2.69. The summed E-state index contributed by atoms with van der Waals surface area (Å²) in [6, 6.07) is 10.3. The van der Waals surface area contributed by atoms with E-state index >= 15 is 0 Å². The molecule has 2 aromatic rings. The molecule has 21 heavy (non-hydrogen) atoms. The zero-order valence-electron chi connectivity index (χ0n) is 10.9. The van der Waals surface area contributed by atoms with Gasteiger partial charge in [-0.25, -0.2) is 4.39 Å². The fraction of sp³-hybridized carbons (Fsp3) is 0.0667. The van der Waals surface area contributed by atoms with E-state index in [0.29, 0.717) is 22.7 Å². The average molecular weight is 286 g/mol. The number of para-hydroxylation sites is 1. The summed E-state index contributed by atoms with van der Waals surface area (Å²) in [6.45, 7) is -0.131. The van der Waals surface area contributed by atoms with Gasteiger partial charge in [-0.3, -0.25) is 9.59 Å². The Kier molecular flexibility index (Phi) is 3.27. The lowest BCUT2D eigenvalue weighted by atomic mass is 10.1. The maximum absolute atomic E-state index is 12.8. The number of ether oxygens (including phenoxy) is 1. The van der Waals surface area contributed by atoms with Crippen molar-refractivity contribution in [2.45, 2.75) is 0 Å². The van der Waals surface area contributed by atoms with E-state index in [0.717, 1.165) is 0 Å². The highest BCUT2D eigenvalue weighted by molar-refractivity contribution is 6.09. The van der Waals surface area contributed by atoms with E-state index in [-0.39, 0.29) is 18.3 Å². The molecule has 1 aliphatic rings. The Morgan fingerprint density at radius 3 is 2.71 bits per heavy atom. The van der Waals surface area contributed by atoms with Crippen molar-refractivity contribution in [3.63, 3.8) is 0 Å². The Bertz CT molecular complexity index is 713. The van der Waals surface area contributed by atoms with E-state index in [1.807, 2.05) is 0 Å². The molecule has 6 heteroatoms. The molecule has 5 nitrogen and oxygen atoms in total. The first kappa shape index (κ1) is 13.1. The molecule has 0 spiro atoms. The van der Waals surface area contributed by atoms with E-state index in [4.69, 9.17) is 4.74 Å². The van der Waals surface area contributed by atoms with Crippen LogP contribution in [-0.2, 0) is 4.79 Å². The molecular weight excluding hydrogens is 275 g/mol. The lowest BCUT2D eigenvalue weighted by Crippen LogP contribution is -2.27. The third-order valence-electron chi connectivity index (χ3n) is 2.98. The van der Waals surface area contributed by atoms with Gasteiger partial charge in [0.15, 0.2) is 12.4 Å². The van der Waals surface area contributed by atoms with Crippen LogP contribution in [0.4, 0.5) is 15.8 Å². The number of carbonyl (C=O) groups excluding carboxylic acids is 2. The molecule has 0 bridgehead atoms. The lowest BCUT2D eigenvalue weighted by Gasteiger charge is -2.20. The molecular formula is C15H11FN2O3. The van der Waals surface area contributed by atoms with E-state index in [9.17, 15) is 14.0 Å². The number of benzene rings is 2. The van der Waals surface area contributed by atoms with Crippen molar-refractivity contribution in [1.29, 1.82) is 0 Å². The Labute approximate surface area is 119 Å². The van der Waals surface area contributed by atoms with Crippen LogP contribution in [0.5, 0.6) is 5.75 Å². The third-order valence-corrected chi connectivity index (χ3v) is 2.98. The molecule has 1 heterocycles. The second-order valence-corrected chi connectivity index (χ2v) is 4.48. The molecule has 0 aromatic heterocycles. The van der Waals surface area contributed by atoms with Crippen LogP contribution >= 0.6 is 0 Å². The van der Waals surface area contributed by atoms with Crippen LogP contribution < -0.4 is 15.4 Å². The Morgan fingerprint density at radius 1 is 1.19 bits per heavy atom. The number of hydrogen-bond donors (Lipinski definition) is 2. The number of halogens is 1. The Hall–Kier alpha value is -2.89. The van der Waals surface area contributed by atoms with Crippen molar-refractivity contribution < 1.29 is 18.7 Å². The summed E-state index contributed by atoms with van der Waals surface area (Å²) >= 11 is 0. The summed E-state index contributed by atoms with van der Waals surface area (Å²) in [5.74, 6) is -0.707. The predicted molar refractivity (Wildman–Crippen MR) is 74.9 cm³/mol. The molecule has 0 unspecified atom stereocenters. The zero-order valence-corrected chi connectivity index (χ0v) is 10.9. The highest BCUT2D eigenvalue weighted by atomic mass is 19.1. The zero-order chi connectivity index (χ0) is 14.8. The summed E-state index contributed by atoms with van der Waals surface area (Å²) in [7, 11) is 0. The summed E-state index contributed by atoms with van der Waals surface area (Å²) in [5.41, 5.74) is 1.23. The summed E-state index contributed by atoms with van der Waals surface area (Å²) in [4.78, 5) is 23.5. The standard InChI is InChI=1S/C15H11FN2O3/c16-9-4-6-10(7-5-9)17-15(20)11-2-1-3-12-14(11)21-8-13(19)18-12/h1-7H,8H2,(H,17,20)(H,18,19). The number of carbonyl (C=O) groups is 2. The first-order valence-electron chi connectivity index (χ1n) is 6.26. The molecule has 0 saturated heterocycles. The normalized spacial score (nSPS) is 12.9. The van der Waals surface area contributed by atoms with Crippen molar-refractivity contribution in [1.82, 2.24) is 0 Å². The molecule has 0 radical (unpaired) electrons. The van der Waals surface area contributed by atoms with E-state index in [1.54, 1.807) is 18.2 Å². The molecule has 2 N–H and O–H groups in total. The SMILES string of the molecule is O=C1COc2c(cccc2C(=O)Nc2ccc(F)cc2)N1. The maximum Gasteiger partial charge on any atom is 0.262 e. The van der Waals surface area contributed by atoms with Crippen LogP contribution in [0.1, 0.15) is 10.4 Å². The first-order valence-corrected chi connectivity index (χ1v) is 6.26. The smallest absolute Gasteiger partial charge is 0.262 e. The van der Waals surface area contributed by atoms with Gasteiger partial charge in [-0.2, -0.15) is 0 Å². The number of nitrogens with one attached hydrogen (secondary N) is 2. The quantitative estimate of drug-likeness (QED) is 0.891. The van der Waals surface area contributed by atoms with Crippen molar-refractivity contribution in [3.8, 4) is 5.75 Å². The molecule has 3 rings (SSSR count). The monoisotopic (exact) mass is 286 g/mol. The van der Waals surface area contributed by atoms with Gasteiger partial charge in [0.25, 0.3) is 11.8 Å². The number of fused-ring (bicyclic) bond motifs is 1. The van der Waals surface area contributed by atoms with Gasteiger partial charge < -0.3 is 15.4 Å². The van der Waals surface area contributed by atoms with Gasteiger partial charge in [0, 0.05) is 5.69 Å². The largest absolute Gasteiger partial charge is 0.481 e. The highest BCUT2D eigenvalue weighted by Gasteiger charge is 2.22. The van der Waals surface area contributed by atoms with E-state index < -0.39 is 5.91 Å². The second-order valence-electron chi connectivity index (χ2n) is 4.48. The van der Waals surface area contributed by atoms with Crippen LogP contribution in [0.25, 0.3) is 0 Å². The van der Waals surface area contributed by atoms with Crippen LogP contribution in [-0.4, -0.2) is 18.4 Å². The van der Waals surface area contributed by atoms with E-state index in [1.165, 1.54) is 24.3 Å². The molecule has 0 atom stereocenters. The second kappa shape index (κ2) is 5.24. The van der Waals surface area contributed by atoms with Gasteiger partial charge in [-0.1, -0.05) is 6.07 Å². The van der Waals surface area contributed by atoms with Gasteiger partial charge in [-0.15, -0.1) is 0 Å². The minimum absolute atomic E-state index is 0.131. The summed E-state index contributed by atoms with van der Waals surface area (Å²) in [5, 5.41) is 5.28. The van der Waals surface area contributed by atoms with Crippen LogP contribution in [0.15, 0.2) is 42.5 Å². The number of anilines is 2. The highest BCUT2D eigenvalue weighted by Crippen LogP contribution is 2.31. The van der Waals surface area contributed by atoms with Gasteiger partial charge in [0.05, 0.1) is 11.3 Å². The van der Waals surface area contributed by atoms with E-state index in [2.05, 4.69) is 10.6 Å². The lowest BCUT2D eigenvalue weighted by molar-refractivity contribution is -0.118. The van der Waals surface area contributed by atoms with Gasteiger partial charge in [0.1, 0.15) is 5.82 Å².